The van der Waals surface area contributed by atoms with Gasteiger partial charge in [-0.1, -0.05) is 11.6 Å². The molecule has 0 saturated heterocycles. The van der Waals surface area contributed by atoms with Gasteiger partial charge in [0.15, 0.2) is 0 Å². The molecule has 2 rings (SSSR count). The van der Waals surface area contributed by atoms with Crippen molar-refractivity contribution in [2.75, 3.05) is 7.05 Å². The van der Waals surface area contributed by atoms with Crippen LogP contribution in [-0.2, 0) is 6.18 Å². The Morgan fingerprint density at radius 1 is 1.25 bits per heavy atom. The van der Waals surface area contributed by atoms with E-state index in [1.54, 1.807) is 0 Å². The minimum Gasteiger partial charge on any atom is -0.846 e. The van der Waals surface area contributed by atoms with Crippen LogP contribution < -0.4 is 15.2 Å². The summed E-state index contributed by atoms with van der Waals surface area (Å²) in [5, 5.41) is 23.7. The number of carbonyl (C=O) groups is 1. The van der Waals surface area contributed by atoms with E-state index >= 15 is 0 Å². The van der Waals surface area contributed by atoms with Gasteiger partial charge in [0, 0.05) is 19.2 Å². The van der Waals surface area contributed by atoms with Gasteiger partial charge in [-0.15, -0.1) is 0 Å². The molecule has 0 radical (unpaired) electrons. The maximum atomic E-state index is 12.7. The maximum Gasteiger partial charge on any atom is 0.416 e. The number of nitrogens with one attached hydrogen (secondary N) is 1. The minimum atomic E-state index is -4.60. The van der Waals surface area contributed by atoms with E-state index in [-0.39, 0.29) is 16.5 Å². The quantitative estimate of drug-likeness (QED) is 0.355. The molecule has 0 atom stereocenters. The summed E-state index contributed by atoms with van der Waals surface area (Å²) < 4.78 is 43.4. The Kier molecular flexibility index (Phi) is 6.09. The van der Waals surface area contributed by atoms with Gasteiger partial charge in [-0.25, -0.2) is 0 Å². The lowest BCUT2D eigenvalue weighted by atomic mass is 10.1. The van der Waals surface area contributed by atoms with E-state index in [0.29, 0.717) is 6.07 Å². The van der Waals surface area contributed by atoms with E-state index < -0.39 is 39.8 Å². The molecule has 1 amide bonds. The molecule has 0 fully saturated rings. The van der Waals surface area contributed by atoms with Gasteiger partial charge in [-0.2, -0.15) is 13.2 Å². The van der Waals surface area contributed by atoms with Gasteiger partial charge in [0.05, 0.1) is 21.5 Å². The Balaban J connectivity index is 2.38. The van der Waals surface area contributed by atoms with Crippen molar-refractivity contribution in [1.82, 2.24) is 5.32 Å². The van der Waals surface area contributed by atoms with Gasteiger partial charge in [-0.05, 0) is 24.3 Å². The molecule has 0 aliphatic rings. The maximum absolute atomic E-state index is 12.7. The summed E-state index contributed by atoms with van der Waals surface area (Å²) >= 11 is 5.79. The van der Waals surface area contributed by atoms with Crippen molar-refractivity contribution < 1.29 is 32.7 Å². The van der Waals surface area contributed by atoms with E-state index in [2.05, 4.69) is 4.99 Å². The first-order chi connectivity index (χ1) is 13.0. The van der Waals surface area contributed by atoms with E-state index in [1.165, 1.54) is 0 Å². The number of halogens is 4. The smallest absolute Gasteiger partial charge is 0.416 e. The van der Waals surface area contributed by atoms with Crippen molar-refractivity contribution in [2.24, 2.45) is 4.99 Å². The zero-order chi connectivity index (χ0) is 21.1. The van der Waals surface area contributed by atoms with Crippen molar-refractivity contribution in [2.45, 2.75) is 6.18 Å². The SMILES string of the molecule is CN=C([O-])NC(=O)c1cc(Oc2ccc(C(F)(F)F)cc2Cl)ccc1[N+](=O)[O-]. The fourth-order valence-corrected chi connectivity index (χ4v) is 2.25. The highest BCUT2D eigenvalue weighted by molar-refractivity contribution is 6.32. The summed E-state index contributed by atoms with van der Waals surface area (Å²) in [7, 11) is 1.11. The van der Waals surface area contributed by atoms with Crippen LogP contribution in [-0.4, -0.2) is 23.9 Å². The zero-order valence-electron chi connectivity index (χ0n) is 13.9. The van der Waals surface area contributed by atoms with E-state index in [1.807, 2.05) is 5.32 Å². The molecule has 0 heterocycles. The van der Waals surface area contributed by atoms with Crippen LogP contribution in [0.5, 0.6) is 11.5 Å². The van der Waals surface area contributed by atoms with Crippen molar-refractivity contribution >= 4 is 29.2 Å². The molecular formula is C16H10ClF3N3O5-. The van der Waals surface area contributed by atoms with Crippen molar-refractivity contribution in [3.05, 3.63) is 62.7 Å². The predicted molar refractivity (Wildman–Crippen MR) is 90.4 cm³/mol. The summed E-state index contributed by atoms with van der Waals surface area (Å²) in [4.78, 5) is 25.5. The molecule has 12 heteroatoms. The average Bonchev–Trinajstić information content (AvgIpc) is 2.62. The van der Waals surface area contributed by atoms with Crippen LogP contribution >= 0.6 is 11.6 Å². The second-order valence-electron chi connectivity index (χ2n) is 5.16. The first-order valence-electron chi connectivity index (χ1n) is 7.31. The second kappa shape index (κ2) is 8.13. The molecule has 2 aromatic carbocycles. The Morgan fingerprint density at radius 2 is 1.93 bits per heavy atom. The third-order valence-electron chi connectivity index (χ3n) is 3.32. The van der Waals surface area contributed by atoms with Gasteiger partial charge in [0.1, 0.15) is 17.1 Å². The molecule has 0 bridgehead atoms. The molecule has 1 N–H and O–H groups in total. The van der Waals surface area contributed by atoms with Crippen LogP contribution in [0.1, 0.15) is 15.9 Å². The van der Waals surface area contributed by atoms with Crippen LogP contribution in [0.3, 0.4) is 0 Å². The Morgan fingerprint density at radius 3 is 2.46 bits per heavy atom. The predicted octanol–water partition coefficient (Wildman–Crippen LogP) is 3.14. The van der Waals surface area contributed by atoms with Gasteiger partial charge in [0.2, 0.25) is 0 Å². The number of amidine groups is 1. The number of nitro groups is 1. The molecule has 2 aromatic rings. The third-order valence-corrected chi connectivity index (χ3v) is 3.62. The van der Waals surface area contributed by atoms with Crippen LogP contribution in [0.4, 0.5) is 18.9 Å². The van der Waals surface area contributed by atoms with Crippen LogP contribution in [0, 0.1) is 10.1 Å². The lowest BCUT2D eigenvalue weighted by Gasteiger charge is -2.13. The summed E-state index contributed by atoms with van der Waals surface area (Å²) in [6.45, 7) is 0. The fraction of sp³-hybridized carbons (Fsp3) is 0.125. The van der Waals surface area contributed by atoms with Crippen molar-refractivity contribution in [3.8, 4) is 11.5 Å². The molecule has 0 aliphatic carbocycles. The number of hydrogen-bond acceptors (Lipinski definition) is 6. The number of rotatable bonds is 4. The number of ether oxygens (including phenoxy) is 1. The number of amides is 1. The number of benzene rings is 2. The molecule has 0 aromatic heterocycles. The summed E-state index contributed by atoms with van der Waals surface area (Å²) in [6.07, 6.45) is -4.60. The highest BCUT2D eigenvalue weighted by Gasteiger charge is 2.31. The highest BCUT2D eigenvalue weighted by atomic mass is 35.5. The van der Waals surface area contributed by atoms with Crippen LogP contribution in [0.2, 0.25) is 5.02 Å². The monoisotopic (exact) mass is 416 g/mol. The highest BCUT2D eigenvalue weighted by Crippen LogP contribution is 2.37. The second-order valence-corrected chi connectivity index (χ2v) is 5.57. The number of nitro benzene ring substituents is 1. The van der Waals surface area contributed by atoms with Gasteiger partial charge in [-0.3, -0.25) is 19.9 Å². The normalized spacial score (nSPS) is 11.8. The minimum absolute atomic E-state index is 0.127. The number of nitrogens with zero attached hydrogens (tertiary/aromatic N) is 2. The Hall–Kier alpha value is -3.34. The Labute approximate surface area is 160 Å². The first kappa shape index (κ1) is 21.0. The topological polar surface area (TPSA) is 117 Å². The molecule has 0 unspecified atom stereocenters. The van der Waals surface area contributed by atoms with E-state index in [0.717, 1.165) is 37.4 Å². The average molecular weight is 417 g/mol. The molecule has 8 nitrogen and oxygen atoms in total. The van der Waals surface area contributed by atoms with E-state index in [4.69, 9.17) is 16.3 Å². The molecule has 0 spiro atoms. The van der Waals surface area contributed by atoms with Crippen molar-refractivity contribution in [3.63, 3.8) is 0 Å². The van der Waals surface area contributed by atoms with Gasteiger partial charge < -0.3 is 15.2 Å². The van der Waals surface area contributed by atoms with Crippen LogP contribution in [0.25, 0.3) is 0 Å². The standard InChI is InChI=1S/C16H11ClF3N3O5/c1-21-15(25)22-14(24)10-7-9(3-4-12(10)23(26)27)28-13-5-2-8(6-11(13)17)16(18,19)20/h2-7H,1H3,(H2,21,22,24,25)/p-1. The molecule has 0 saturated carbocycles. The number of aliphatic imine (C=N–C) groups is 1. The van der Waals surface area contributed by atoms with Crippen LogP contribution in [0.15, 0.2) is 41.4 Å². The summed E-state index contributed by atoms with van der Waals surface area (Å²) in [6, 6.07) is 4.34. The summed E-state index contributed by atoms with van der Waals surface area (Å²) in [5.74, 6) is -1.40. The zero-order valence-corrected chi connectivity index (χ0v) is 14.7. The summed E-state index contributed by atoms with van der Waals surface area (Å²) in [5.41, 5.74) is -2.12. The third kappa shape index (κ3) is 4.88. The molecule has 0 aliphatic heterocycles. The number of carbonyl (C=O) groups excluding carboxylic acids is 1. The first-order valence-corrected chi connectivity index (χ1v) is 7.69. The largest absolute Gasteiger partial charge is 0.846 e. The van der Waals surface area contributed by atoms with Gasteiger partial charge in [0.25, 0.3) is 11.6 Å². The molecule has 148 valence electrons. The number of alkyl halides is 3. The lowest BCUT2D eigenvalue weighted by molar-refractivity contribution is -0.385. The molecule has 28 heavy (non-hydrogen) atoms. The fourth-order valence-electron chi connectivity index (χ4n) is 2.03. The Bertz CT molecular complexity index is 963. The number of hydrogen-bond donors (Lipinski definition) is 1. The lowest BCUT2D eigenvalue weighted by Crippen LogP contribution is -2.39. The van der Waals surface area contributed by atoms with Crippen molar-refractivity contribution in [1.29, 1.82) is 0 Å². The van der Waals surface area contributed by atoms with E-state index in [9.17, 15) is 33.2 Å². The molecular weight excluding hydrogens is 407 g/mol. The van der Waals surface area contributed by atoms with Gasteiger partial charge >= 0.3 is 6.18 Å².